The molecule has 0 atom stereocenters. The van der Waals surface area contributed by atoms with Crippen LogP contribution in [0.5, 0.6) is 5.06 Å². The van der Waals surface area contributed by atoms with E-state index in [2.05, 4.69) is 9.59 Å². The van der Waals surface area contributed by atoms with Crippen LogP contribution in [0.1, 0.15) is 5.69 Å². The van der Waals surface area contributed by atoms with E-state index in [1.165, 1.54) is 6.29 Å². The Balaban J connectivity index is 3.09. The van der Waals surface area contributed by atoms with Gasteiger partial charge in [-0.1, -0.05) is 4.49 Å². The Labute approximate surface area is 48.9 Å². The third-order valence-electron chi connectivity index (χ3n) is 0.567. The zero-order valence-corrected chi connectivity index (χ0v) is 4.47. The maximum Gasteiger partial charge on any atom is 0.260 e. The lowest BCUT2D eigenvalue weighted by Crippen LogP contribution is -1.78. The Morgan fingerprint density at radius 1 is 1.75 bits per heavy atom. The summed E-state index contributed by atoms with van der Waals surface area (Å²) in [6.45, 7) is 0. The number of carbonyl (C=O) groups excluding carboxylic acids is 1. The first kappa shape index (κ1) is 5.17. The van der Waals surface area contributed by atoms with Crippen molar-refractivity contribution in [2.45, 2.75) is 0 Å². The van der Waals surface area contributed by atoms with Crippen molar-refractivity contribution in [1.29, 1.82) is 0 Å². The van der Waals surface area contributed by atoms with Crippen LogP contribution in [0, 0.1) is 0 Å². The van der Waals surface area contributed by atoms with Gasteiger partial charge in [-0.15, -0.1) is 5.10 Å². The second kappa shape index (κ2) is 1.87. The minimum atomic E-state index is -0.181. The molecule has 4 nitrogen and oxygen atoms in total. The lowest BCUT2D eigenvalue weighted by Gasteiger charge is -1.72. The normalized spacial score (nSPS) is 9.00. The molecule has 0 spiro atoms. The molecule has 0 bridgehead atoms. The minimum Gasteiger partial charge on any atom is -0.497 e. The van der Waals surface area contributed by atoms with Crippen molar-refractivity contribution in [3.8, 4) is 5.06 Å². The van der Waals surface area contributed by atoms with Crippen molar-refractivity contribution in [2.24, 2.45) is 0 Å². The van der Waals surface area contributed by atoms with Gasteiger partial charge in [-0.25, -0.2) is 0 Å². The first-order valence-corrected chi connectivity index (χ1v) is 2.51. The van der Waals surface area contributed by atoms with Crippen molar-refractivity contribution in [3.63, 3.8) is 0 Å². The summed E-state index contributed by atoms with van der Waals surface area (Å²) < 4.78 is 3.27. The number of hydrogen-bond donors (Lipinski definition) is 1. The first-order chi connectivity index (χ1) is 3.84. The van der Waals surface area contributed by atoms with Gasteiger partial charge in [0.15, 0.2) is 5.69 Å². The second-order valence-corrected chi connectivity index (χ2v) is 1.76. The van der Waals surface area contributed by atoms with E-state index < -0.39 is 0 Å². The van der Waals surface area contributed by atoms with Crippen molar-refractivity contribution in [2.75, 3.05) is 0 Å². The molecule has 1 N–H and O–H groups in total. The van der Waals surface area contributed by atoms with Crippen LogP contribution in [-0.4, -0.2) is 21.0 Å². The summed E-state index contributed by atoms with van der Waals surface area (Å²) in [5.41, 5.74) is -0.116. The van der Waals surface area contributed by atoms with Gasteiger partial charge in [-0.05, 0) is 0 Å². The zero-order chi connectivity index (χ0) is 5.98. The quantitative estimate of drug-likeness (QED) is 0.565. The van der Waals surface area contributed by atoms with Crippen LogP contribution in [0.25, 0.3) is 0 Å². The van der Waals surface area contributed by atoms with Gasteiger partial charge in [0.05, 0.1) is 0 Å². The predicted octanol–water partition coefficient (Wildman–Crippen LogP) is -0.299. The molecule has 0 aliphatic heterocycles. The molecule has 0 fully saturated rings. The van der Waals surface area contributed by atoms with E-state index in [9.17, 15) is 4.79 Å². The molecule has 0 aliphatic rings. The summed E-state index contributed by atoms with van der Waals surface area (Å²) in [6.07, 6.45) is 1.41. The highest BCUT2D eigenvalue weighted by molar-refractivity contribution is 7.07. The molecule has 0 amide bonds. The molecule has 1 aromatic rings. The highest BCUT2D eigenvalue weighted by Crippen LogP contribution is 2.14. The van der Waals surface area contributed by atoms with E-state index in [0.29, 0.717) is 0 Å². The largest absolute Gasteiger partial charge is 0.497 e. The van der Waals surface area contributed by atoms with Crippen molar-refractivity contribution >= 4 is 17.8 Å². The molecule has 41 valence electrons. The zero-order valence-electron chi connectivity index (χ0n) is 3.66. The molecule has 0 saturated carbocycles. The van der Waals surface area contributed by atoms with Crippen LogP contribution < -0.4 is 0 Å². The van der Waals surface area contributed by atoms with Gasteiger partial charge in [-0.2, -0.15) is 0 Å². The summed E-state index contributed by atoms with van der Waals surface area (Å²) in [6, 6.07) is 0. The molecule has 1 aromatic heterocycles. The third-order valence-corrected chi connectivity index (χ3v) is 1.10. The Morgan fingerprint density at radius 2 is 2.50 bits per heavy atom. The van der Waals surface area contributed by atoms with E-state index in [1.54, 1.807) is 0 Å². The van der Waals surface area contributed by atoms with Gasteiger partial charge in [0.2, 0.25) is 5.06 Å². The van der Waals surface area contributed by atoms with Crippen LogP contribution in [0.2, 0.25) is 0 Å². The monoisotopic (exact) mass is 129 g/mol. The van der Waals surface area contributed by atoms with Gasteiger partial charge >= 0.3 is 0 Å². The fourth-order valence-electron chi connectivity index (χ4n) is 0.250. The molecular formula is C3HN2O2S. The molecule has 1 radical (unpaired) electrons. The van der Waals surface area contributed by atoms with E-state index in [-0.39, 0.29) is 10.8 Å². The smallest absolute Gasteiger partial charge is 0.260 e. The molecule has 0 aliphatic carbocycles. The summed E-state index contributed by atoms with van der Waals surface area (Å²) in [4.78, 5) is 9.71. The Hall–Kier alpha value is -0.970. The number of aromatic hydroxyl groups is 1. The molecule has 0 saturated heterocycles. The maximum atomic E-state index is 9.71. The average molecular weight is 129 g/mol. The lowest BCUT2D eigenvalue weighted by atomic mass is 10.5. The number of rotatable bonds is 1. The Kier molecular flexibility index (Phi) is 1.21. The molecular weight excluding hydrogens is 128 g/mol. The summed E-state index contributed by atoms with van der Waals surface area (Å²) in [5.74, 6) is 0. The molecule has 5 heteroatoms. The third kappa shape index (κ3) is 0.671. The average Bonchev–Trinajstić information content (AvgIpc) is 2.14. The fourth-order valence-corrected chi connectivity index (χ4v) is 0.619. The van der Waals surface area contributed by atoms with E-state index in [0.717, 1.165) is 11.5 Å². The van der Waals surface area contributed by atoms with E-state index in [1.807, 2.05) is 0 Å². The number of nitrogens with zero attached hydrogens (tertiary/aromatic N) is 2. The van der Waals surface area contributed by atoms with Gasteiger partial charge < -0.3 is 5.11 Å². The van der Waals surface area contributed by atoms with Crippen molar-refractivity contribution in [1.82, 2.24) is 9.59 Å². The van der Waals surface area contributed by atoms with Crippen LogP contribution >= 0.6 is 11.5 Å². The topological polar surface area (TPSA) is 63.1 Å². The molecule has 1 rings (SSSR count). The van der Waals surface area contributed by atoms with E-state index >= 15 is 0 Å². The molecule has 0 unspecified atom stereocenters. The molecule has 8 heavy (non-hydrogen) atoms. The maximum absolute atomic E-state index is 9.71. The standard InChI is InChI=1S/C3HN2O2S/c6-1-2-3(7)8-5-4-2/h7H. The molecule has 1 heterocycles. The van der Waals surface area contributed by atoms with Gasteiger partial charge in [0, 0.05) is 11.5 Å². The highest BCUT2D eigenvalue weighted by Gasteiger charge is 2.02. The predicted molar refractivity (Wildman–Crippen MR) is 26.4 cm³/mol. The lowest BCUT2D eigenvalue weighted by molar-refractivity contribution is 0.485. The van der Waals surface area contributed by atoms with Crippen LogP contribution in [0.4, 0.5) is 0 Å². The number of aromatic nitrogens is 2. The summed E-state index contributed by atoms with van der Waals surface area (Å²) in [5, 5.41) is 11.6. The van der Waals surface area contributed by atoms with Crippen LogP contribution in [0.3, 0.4) is 0 Å². The van der Waals surface area contributed by atoms with Crippen LogP contribution in [0.15, 0.2) is 0 Å². The Bertz CT molecular complexity index is 197. The second-order valence-electron chi connectivity index (χ2n) is 1.03. The summed E-state index contributed by atoms with van der Waals surface area (Å²) in [7, 11) is 0. The fraction of sp³-hybridized carbons (Fsp3) is 0. The highest BCUT2D eigenvalue weighted by atomic mass is 32.1. The molecule has 0 aromatic carbocycles. The summed E-state index contributed by atoms with van der Waals surface area (Å²) >= 11 is 0.761. The number of hydrogen-bond acceptors (Lipinski definition) is 5. The van der Waals surface area contributed by atoms with Crippen molar-refractivity contribution in [3.05, 3.63) is 5.69 Å². The van der Waals surface area contributed by atoms with Gasteiger partial charge in [-0.3, -0.25) is 4.79 Å². The van der Waals surface area contributed by atoms with Crippen molar-refractivity contribution < 1.29 is 9.90 Å². The van der Waals surface area contributed by atoms with Gasteiger partial charge in [0.1, 0.15) is 0 Å². The first-order valence-electron chi connectivity index (χ1n) is 1.74. The minimum absolute atomic E-state index is 0.116. The Morgan fingerprint density at radius 3 is 2.75 bits per heavy atom. The van der Waals surface area contributed by atoms with Gasteiger partial charge in [0.25, 0.3) is 6.29 Å². The van der Waals surface area contributed by atoms with Crippen LogP contribution in [-0.2, 0) is 4.79 Å². The SMILES string of the molecule is O=[C]c1nnsc1O. The van der Waals surface area contributed by atoms with E-state index in [4.69, 9.17) is 5.11 Å².